The molecule has 144 valence electrons. The number of benzene rings is 1. The number of likely N-dealkylation sites (tertiary alicyclic amines) is 1. The lowest BCUT2D eigenvalue weighted by molar-refractivity contribution is -0.0514. The molecular weight excluding hydrogens is 340 g/mol. The Kier molecular flexibility index (Phi) is 5.84. The molecule has 2 fully saturated rings. The van der Waals surface area contributed by atoms with E-state index in [0.29, 0.717) is 24.3 Å². The summed E-state index contributed by atoms with van der Waals surface area (Å²) in [6.45, 7) is 1.97. The number of hydrogen-bond donors (Lipinski definition) is 1. The van der Waals surface area contributed by atoms with Crippen LogP contribution >= 0.6 is 0 Å². The lowest BCUT2D eigenvalue weighted by Crippen LogP contribution is -2.42. The fourth-order valence-corrected chi connectivity index (χ4v) is 3.84. The number of aliphatic imine (C=N–C) groups is 1. The van der Waals surface area contributed by atoms with Gasteiger partial charge >= 0.3 is 6.61 Å². The molecule has 1 spiro atoms. The third kappa shape index (κ3) is 4.19. The molecular formula is C19H27F2N3O2. The third-order valence-electron chi connectivity index (χ3n) is 5.34. The maximum absolute atomic E-state index is 12.5. The molecule has 1 heterocycles. The molecule has 0 aromatic heterocycles. The molecule has 5 nitrogen and oxygen atoms in total. The maximum Gasteiger partial charge on any atom is 0.387 e. The Balaban J connectivity index is 1.61. The summed E-state index contributed by atoms with van der Waals surface area (Å²) in [5.74, 6) is 1.28. The Morgan fingerprint density at radius 1 is 1.31 bits per heavy atom. The van der Waals surface area contributed by atoms with Crippen LogP contribution in [0.15, 0.2) is 23.2 Å². The van der Waals surface area contributed by atoms with Crippen molar-refractivity contribution in [1.29, 1.82) is 0 Å². The molecule has 0 bridgehead atoms. The van der Waals surface area contributed by atoms with E-state index in [1.54, 1.807) is 19.2 Å². The Bertz CT molecular complexity index is 648. The molecule has 1 aromatic carbocycles. The van der Waals surface area contributed by atoms with Gasteiger partial charge in [-0.25, -0.2) is 0 Å². The molecule has 3 rings (SSSR count). The number of nitrogens with one attached hydrogen (secondary N) is 1. The Labute approximate surface area is 153 Å². The first-order valence-electron chi connectivity index (χ1n) is 9.21. The fraction of sp³-hybridized carbons (Fsp3) is 0.632. The fourth-order valence-electron chi connectivity index (χ4n) is 3.84. The number of alkyl halides is 2. The summed E-state index contributed by atoms with van der Waals surface area (Å²) in [5, 5.41) is 3.37. The SMILES string of the molecule is CCOc1cc(CNC(=NC)N2CCC3(CCC3)C2)ccc1OC(F)F. The van der Waals surface area contributed by atoms with Crippen molar-refractivity contribution in [2.75, 3.05) is 26.7 Å². The van der Waals surface area contributed by atoms with Gasteiger partial charge in [-0.15, -0.1) is 0 Å². The Morgan fingerprint density at radius 3 is 2.69 bits per heavy atom. The van der Waals surface area contributed by atoms with Crippen LogP contribution in [-0.4, -0.2) is 44.2 Å². The molecule has 1 aliphatic heterocycles. The first kappa shape index (κ1) is 18.7. The van der Waals surface area contributed by atoms with Gasteiger partial charge < -0.3 is 19.7 Å². The molecule has 0 unspecified atom stereocenters. The summed E-state index contributed by atoms with van der Waals surface area (Å²) in [4.78, 5) is 6.72. The highest BCUT2D eigenvalue weighted by Gasteiger charge is 2.43. The number of hydrogen-bond acceptors (Lipinski definition) is 3. The van der Waals surface area contributed by atoms with E-state index >= 15 is 0 Å². The topological polar surface area (TPSA) is 46.1 Å². The van der Waals surface area contributed by atoms with E-state index in [1.165, 1.54) is 31.7 Å². The van der Waals surface area contributed by atoms with Crippen molar-refractivity contribution >= 4 is 5.96 Å². The zero-order valence-corrected chi connectivity index (χ0v) is 15.4. The van der Waals surface area contributed by atoms with Crippen molar-refractivity contribution in [3.8, 4) is 11.5 Å². The summed E-state index contributed by atoms with van der Waals surface area (Å²) in [6.07, 6.45) is 5.22. The van der Waals surface area contributed by atoms with Crippen LogP contribution in [0.3, 0.4) is 0 Å². The molecule has 1 N–H and O–H groups in total. The molecule has 2 aliphatic rings. The third-order valence-corrected chi connectivity index (χ3v) is 5.34. The van der Waals surface area contributed by atoms with E-state index in [2.05, 4.69) is 19.9 Å². The van der Waals surface area contributed by atoms with Crippen molar-refractivity contribution in [2.24, 2.45) is 10.4 Å². The van der Waals surface area contributed by atoms with Crippen molar-refractivity contribution in [3.63, 3.8) is 0 Å². The second kappa shape index (κ2) is 8.10. The molecule has 7 heteroatoms. The van der Waals surface area contributed by atoms with Crippen LogP contribution in [0.2, 0.25) is 0 Å². The van der Waals surface area contributed by atoms with Crippen LogP contribution in [-0.2, 0) is 6.54 Å². The average molecular weight is 367 g/mol. The summed E-state index contributed by atoms with van der Waals surface area (Å²) >= 11 is 0. The zero-order chi connectivity index (χ0) is 18.6. The minimum atomic E-state index is -2.87. The molecule has 0 atom stereocenters. The molecule has 1 saturated heterocycles. The lowest BCUT2D eigenvalue weighted by atomic mass is 9.68. The van der Waals surface area contributed by atoms with E-state index in [1.807, 2.05) is 6.92 Å². The predicted octanol–water partition coefficient (Wildman–Crippen LogP) is 3.64. The van der Waals surface area contributed by atoms with Gasteiger partial charge in [0.05, 0.1) is 6.61 Å². The Morgan fingerprint density at radius 2 is 2.12 bits per heavy atom. The van der Waals surface area contributed by atoms with Gasteiger partial charge in [-0.3, -0.25) is 4.99 Å². The highest BCUT2D eigenvalue weighted by Crippen LogP contribution is 2.47. The molecule has 26 heavy (non-hydrogen) atoms. The van der Waals surface area contributed by atoms with Gasteiger partial charge in [-0.2, -0.15) is 8.78 Å². The first-order valence-corrected chi connectivity index (χ1v) is 9.21. The average Bonchev–Trinajstić information content (AvgIpc) is 3.03. The van der Waals surface area contributed by atoms with E-state index in [9.17, 15) is 8.78 Å². The quantitative estimate of drug-likeness (QED) is 0.616. The number of nitrogens with zero attached hydrogens (tertiary/aromatic N) is 2. The number of rotatable bonds is 6. The summed E-state index contributed by atoms with van der Waals surface area (Å²) in [7, 11) is 1.79. The molecule has 0 amide bonds. The zero-order valence-electron chi connectivity index (χ0n) is 15.4. The number of ether oxygens (including phenoxy) is 2. The van der Waals surface area contributed by atoms with Gasteiger partial charge in [-0.1, -0.05) is 12.5 Å². The van der Waals surface area contributed by atoms with E-state index in [0.717, 1.165) is 24.6 Å². The van der Waals surface area contributed by atoms with Gasteiger partial charge in [0.1, 0.15) is 0 Å². The standard InChI is InChI=1S/C19H27F2N3O2/c1-3-25-16-11-14(5-6-15(16)26-17(20)21)12-23-18(22-2)24-10-9-19(13-24)7-4-8-19/h5-6,11,17H,3-4,7-10,12-13H2,1-2H3,(H,22,23). The van der Waals surface area contributed by atoms with Gasteiger partial charge in [0.2, 0.25) is 0 Å². The van der Waals surface area contributed by atoms with Gasteiger partial charge in [-0.05, 0) is 49.3 Å². The Hall–Kier alpha value is -2.05. The summed E-state index contributed by atoms with van der Waals surface area (Å²) < 4.78 is 34.9. The van der Waals surface area contributed by atoms with Gasteiger partial charge in [0.15, 0.2) is 17.5 Å². The second-order valence-electron chi connectivity index (χ2n) is 7.02. The van der Waals surface area contributed by atoms with Gasteiger partial charge in [0.25, 0.3) is 0 Å². The van der Waals surface area contributed by atoms with Crippen molar-refractivity contribution < 1.29 is 18.3 Å². The van der Waals surface area contributed by atoms with Crippen molar-refractivity contribution in [1.82, 2.24) is 10.2 Å². The number of halogens is 2. The monoisotopic (exact) mass is 367 g/mol. The molecule has 1 aliphatic carbocycles. The smallest absolute Gasteiger partial charge is 0.387 e. The number of guanidine groups is 1. The van der Waals surface area contributed by atoms with Gasteiger partial charge in [0, 0.05) is 26.7 Å². The molecule has 0 radical (unpaired) electrons. The minimum Gasteiger partial charge on any atom is -0.490 e. The van der Waals surface area contributed by atoms with E-state index < -0.39 is 6.61 Å². The highest BCUT2D eigenvalue weighted by atomic mass is 19.3. The minimum absolute atomic E-state index is 0.0569. The first-order chi connectivity index (χ1) is 12.5. The van der Waals surface area contributed by atoms with Crippen molar-refractivity contribution in [3.05, 3.63) is 23.8 Å². The van der Waals surface area contributed by atoms with Crippen LogP contribution in [0.5, 0.6) is 11.5 Å². The van der Waals surface area contributed by atoms with Crippen LogP contribution in [0.25, 0.3) is 0 Å². The molecule has 1 aromatic rings. The van der Waals surface area contributed by atoms with Crippen molar-refractivity contribution in [2.45, 2.75) is 45.8 Å². The van der Waals surface area contributed by atoms with Crippen LogP contribution in [0, 0.1) is 5.41 Å². The predicted molar refractivity (Wildman–Crippen MR) is 96.9 cm³/mol. The summed E-state index contributed by atoms with van der Waals surface area (Å²) in [5.41, 5.74) is 1.43. The maximum atomic E-state index is 12.5. The highest BCUT2D eigenvalue weighted by molar-refractivity contribution is 5.80. The summed E-state index contributed by atoms with van der Waals surface area (Å²) in [6, 6.07) is 5.02. The van der Waals surface area contributed by atoms with Crippen LogP contribution < -0.4 is 14.8 Å². The molecule has 1 saturated carbocycles. The largest absolute Gasteiger partial charge is 0.490 e. The van der Waals surface area contributed by atoms with Crippen LogP contribution in [0.1, 0.15) is 38.2 Å². The normalized spacial score (nSPS) is 19.0. The van der Waals surface area contributed by atoms with Crippen LogP contribution in [0.4, 0.5) is 8.78 Å². The second-order valence-corrected chi connectivity index (χ2v) is 7.02. The van der Waals surface area contributed by atoms with E-state index in [-0.39, 0.29) is 5.75 Å². The lowest BCUT2D eigenvalue weighted by Gasteiger charge is -2.38. The van der Waals surface area contributed by atoms with E-state index in [4.69, 9.17) is 4.74 Å².